The van der Waals surface area contributed by atoms with Gasteiger partial charge in [0.05, 0.1) is 23.4 Å². The molecule has 0 aliphatic carbocycles. The van der Waals surface area contributed by atoms with Gasteiger partial charge in [-0.15, -0.1) is 10.2 Å². The standard InChI is InChI=1S/C23H17F6N5S/c1-14(10-16-6-7-17(22(24,25)26)11-18(16)23(27,28)29)34-13-15(12-31-34)5-8-20-32-33-21(35-20)19-4-2-3-9-30-19/h2-9,11-14H,10H2,1H3/b8-5-/t14-/m1/s1. The number of pyridine rings is 1. The van der Waals surface area contributed by atoms with Crippen LogP contribution in [0, 0.1) is 0 Å². The third kappa shape index (κ3) is 5.94. The summed E-state index contributed by atoms with van der Waals surface area (Å²) in [6, 6.07) is 6.62. The van der Waals surface area contributed by atoms with E-state index in [1.165, 1.54) is 22.2 Å². The van der Waals surface area contributed by atoms with Gasteiger partial charge in [-0.05, 0) is 55.3 Å². The second-order valence-electron chi connectivity index (χ2n) is 7.67. The SMILES string of the molecule is C[C@H](Cc1ccc(C(F)(F)F)cc1C(F)(F)F)n1cc(/C=C\c2nnc(-c3ccccn3)s2)cn1. The maximum absolute atomic E-state index is 13.4. The van der Waals surface area contributed by atoms with Crippen molar-refractivity contribution in [2.24, 2.45) is 0 Å². The number of benzene rings is 1. The zero-order valence-corrected chi connectivity index (χ0v) is 18.9. The second kappa shape index (κ2) is 9.61. The fourth-order valence-corrected chi connectivity index (χ4v) is 4.07. The Bertz CT molecular complexity index is 1320. The first-order valence-electron chi connectivity index (χ1n) is 10.2. The monoisotopic (exact) mass is 509 g/mol. The van der Waals surface area contributed by atoms with Gasteiger partial charge in [0.15, 0.2) is 5.01 Å². The molecule has 0 radical (unpaired) electrons. The molecule has 35 heavy (non-hydrogen) atoms. The van der Waals surface area contributed by atoms with Gasteiger partial charge in [-0.1, -0.05) is 23.5 Å². The van der Waals surface area contributed by atoms with E-state index in [-0.39, 0.29) is 18.1 Å². The molecule has 0 amide bonds. The topological polar surface area (TPSA) is 56.5 Å². The van der Waals surface area contributed by atoms with Gasteiger partial charge in [-0.25, -0.2) is 0 Å². The zero-order chi connectivity index (χ0) is 25.2. The van der Waals surface area contributed by atoms with Crippen LogP contribution >= 0.6 is 11.3 Å². The Balaban J connectivity index is 1.48. The van der Waals surface area contributed by atoms with E-state index in [1.807, 2.05) is 12.1 Å². The maximum atomic E-state index is 13.4. The van der Waals surface area contributed by atoms with Gasteiger partial charge in [0.2, 0.25) is 0 Å². The van der Waals surface area contributed by atoms with E-state index < -0.39 is 29.5 Å². The van der Waals surface area contributed by atoms with Crippen molar-refractivity contribution in [1.82, 2.24) is 25.0 Å². The van der Waals surface area contributed by atoms with Crippen molar-refractivity contribution in [2.75, 3.05) is 0 Å². The predicted octanol–water partition coefficient (Wildman–Crippen LogP) is 6.81. The van der Waals surface area contributed by atoms with Crippen molar-refractivity contribution in [3.05, 3.63) is 82.3 Å². The largest absolute Gasteiger partial charge is 0.416 e. The van der Waals surface area contributed by atoms with Crippen LogP contribution in [-0.2, 0) is 18.8 Å². The molecule has 12 heteroatoms. The number of hydrogen-bond donors (Lipinski definition) is 0. The molecule has 182 valence electrons. The average molecular weight is 509 g/mol. The van der Waals surface area contributed by atoms with E-state index in [0.717, 1.165) is 6.07 Å². The molecule has 4 aromatic rings. The van der Waals surface area contributed by atoms with Gasteiger partial charge in [0.25, 0.3) is 0 Å². The molecule has 0 unspecified atom stereocenters. The highest BCUT2D eigenvalue weighted by molar-refractivity contribution is 7.15. The van der Waals surface area contributed by atoms with Crippen LogP contribution in [0.25, 0.3) is 22.9 Å². The van der Waals surface area contributed by atoms with Gasteiger partial charge < -0.3 is 0 Å². The molecule has 3 aromatic heterocycles. The smallest absolute Gasteiger partial charge is 0.269 e. The van der Waals surface area contributed by atoms with Crippen molar-refractivity contribution in [2.45, 2.75) is 31.7 Å². The number of aromatic nitrogens is 5. The maximum Gasteiger partial charge on any atom is 0.416 e. The summed E-state index contributed by atoms with van der Waals surface area (Å²) in [5.74, 6) is 0. The quantitative estimate of drug-likeness (QED) is 0.268. The summed E-state index contributed by atoms with van der Waals surface area (Å²) in [6.07, 6.45) is -1.63. The molecule has 5 nitrogen and oxygen atoms in total. The fraction of sp³-hybridized carbons (Fsp3) is 0.217. The van der Waals surface area contributed by atoms with Crippen molar-refractivity contribution in [3.8, 4) is 10.7 Å². The Morgan fingerprint density at radius 1 is 1.00 bits per heavy atom. The van der Waals surface area contributed by atoms with Crippen LogP contribution in [0.5, 0.6) is 0 Å². The number of halogens is 6. The molecule has 3 heterocycles. The summed E-state index contributed by atoms with van der Waals surface area (Å²) in [6.45, 7) is 1.64. The third-order valence-electron chi connectivity index (χ3n) is 5.07. The van der Waals surface area contributed by atoms with Crippen LogP contribution < -0.4 is 0 Å². The lowest BCUT2D eigenvalue weighted by molar-refractivity contribution is -0.143. The first-order valence-corrected chi connectivity index (χ1v) is 11.1. The van der Waals surface area contributed by atoms with Gasteiger partial charge in [0.1, 0.15) is 10.7 Å². The molecular weight excluding hydrogens is 492 g/mol. The molecule has 1 atom stereocenters. The minimum Gasteiger partial charge on any atom is -0.269 e. The summed E-state index contributed by atoms with van der Waals surface area (Å²) >= 11 is 1.34. The summed E-state index contributed by atoms with van der Waals surface area (Å²) in [5.41, 5.74) is -1.49. The lowest BCUT2D eigenvalue weighted by Gasteiger charge is -2.19. The Hall–Kier alpha value is -3.54. The number of alkyl halides is 6. The highest BCUT2D eigenvalue weighted by Crippen LogP contribution is 2.38. The van der Waals surface area contributed by atoms with Gasteiger partial charge in [-0.3, -0.25) is 9.67 Å². The Morgan fingerprint density at radius 3 is 2.49 bits per heavy atom. The van der Waals surface area contributed by atoms with E-state index >= 15 is 0 Å². The fourth-order valence-electron chi connectivity index (χ4n) is 3.35. The summed E-state index contributed by atoms with van der Waals surface area (Å²) in [4.78, 5) is 4.22. The number of rotatable bonds is 6. The van der Waals surface area contributed by atoms with E-state index in [1.54, 1.807) is 37.5 Å². The molecular formula is C23H17F6N5S. The lowest BCUT2D eigenvalue weighted by Crippen LogP contribution is -2.16. The molecule has 1 aromatic carbocycles. The van der Waals surface area contributed by atoms with Crippen LogP contribution in [-0.4, -0.2) is 25.0 Å². The third-order valence-corrected chi connectivity index (χ3v) is 5.99. The summed E-state index contributed by atoms with van der Waals surface area (Å²) in [5, 5.41) is 13.7. The van der Waals surface area contributed by atoms with Crippen LogP contribution in [0.3, 0.4) is 0 Å². The van der Waals surface area contributed by atoms with Crippen molar-refractivity contribution in [3.63, 3.8) is 0 Å². The highest BCUT2D eigenvalue weighted by Gasteiger charge is 2.38. The Labute approximate surface area is 199 Å². The van der Waals surface area contributed by atoms with Gasteiger partial charge in [0, 0.05) is 18.0 Å². The zero-order valence-electron chi connectivity index (χ0n) is 18.0. The molecule has 0 aliphatic rings. The molecule has 4 rings (SSSR count). The molecule has 0 saturated carbocycles. The number of nitrogens with zero attached hydrogens (tertiary/aromatic N) is 5. The first kappa shape index (κ1) is 24.6. The Morgan fingerprint density at radius 2 is 1.80 bits per heavy atom. The molecule has 0 fully saturated rings. The molecule has 0 N–H and O–H groups in total. The van der Waals surface area contributed by atoms with Crippen molar-refractivity contribution < 1.29 is 26.3 Å². The number of hydrogen-bond acceptors (Lipinski definition) is 5. The summed E-state index contributed by atoms with van der Waals surface area (Å²) < 4.78 is 80.5. The molecule has 0 aliphatic heterocycles. The van der Waals surface area contributed by atoms with Crippen LogP contribution in [0.15, 0.2) is 55.0 Å². The van der Waals surface area contributed by atoms with Crippen molar-refractivity contribution in [1.29, 1.82) is 0 Å². The first-order chi connectivity index (χ1) is 16.5. The molecule has 0 spiro atoms. The van der Waals surface area contributed by atoms with Crippen molar-refractivity contribution >= 4 is 23.5 Å². The average Bonchev–Trinajstić information content (AvgIpc) is 3.47. The van der Waals surface area contributed by atoms with E-state index in [9.17, 15) is 26.3 Å². The van der Waals surface area contributed by atoms with Crippen LogP contribution in [0.2, 0.25) is 0 Å². The normalized spacial score (nSPS) is 13.5. The van der Waals surface area contributed by atoms with E-state index in [4.69, 9.17) is 0 Å². The van der Waals surface area contributed by atoms with Crippen LogP contribution in [0.4, 0.5) is 26.3 Å². The van der Waals surface area contributed by atoms with E-state index in [0.29, 0.717) is 27.3 Å². The molecule has 0 bridgehead atoms. The van der Waals surface area contributed by atoms with Gasteiger partial charge in [-0.2, -0.15) is 31.4 Å². The Kier molecular flexibility index (Phi) is 6.75. The van der Waals surface area contributed by atoms with Gasteiger partial charge >= 0.3 is 12.4 Å². The lowest BCUT2D eigenvalue weighted by atomic mass is 9.98. The highest BCUT2D eigenvalue weighted by atomic mass is 32.1. The molecule has 0 saturated heterocycles. The minimum absolute atomic E-state index is 0.151. The second-order valence-corrected chi connectivity index (χ2v) is 8.68. The summed E-state index contributed by atoms with van der Waals surface area (Å²) in [7, 11) is 0. The van der Waals surface area contributed by atoms with E-state index in [2.05, 4.69) is 20.3 Å². The predicted molar refractivity (Wildman–Crippen MR) is 119 cm³/mol. The van der Waals surface area contributed by atoms with Crippen LogP contribution in [0.1, 0.15) is 40.2 Å². The minimum atomic E-state index is -4.91.